The molecule has 3 unspecified atom stereocenters. The molecule has 3 rings (SSSR count). The molecule has 23 heavy (non-hydrogen) atoms. The number of fused-ring (bicyclic) bond motifs is 2. The zero-order chi connectivity index (χ0) is 16.6. The number of sulfonamides is 1. The van der Waals surface area contributed by atoms with E-state index in [-0.39, 0.29) is 10.8 Å². The third-order valence-corrected chi connectivity index (χ3v) is 6.92. The highest BCUT2D eigenvalue weighted by Gasteiger charge is 2.40. The Labute approximate surface area is 137 Å². The van der Waals surface area contributed by atoms with E-state index in [1.165, 1.54) is 38.8 Å². The third kappa shape index (κ3) is 3.43. The van der Waals surface area contributed by atoms with Crippen molar-refractivity contribution >= 4 is 21.6 Å². The largest absolute Gasteiger partial charge is 0.326 e. The Hall–Kier alpha value is -1.40. The van der Waals surface area contributed by atoms with Gasteiger partial charge in [0.15, 0.2) is 0 Å². The predicted octanol–water partition coefficient (Wildman–Crippen LogP) is 2.67. The minimum atomic E-state index is -3.52. The molecule has 0 heterocycles. The first-order valence-electron chi connectivity index (χ1n) is 8.23. The molecule has 0 saturated heterocycles. The molecule has 126 valence electrons. The van der Waals surface area contributed by atoms with Gasteiger partial charge in [0.05, 0.1) is 4.90 Å². The normalized spacial score (nSPS) is 26.4. The summed E-state index contributed by atoms with van der Waals surface area (Å²) in [5, 5.41) is 2.86. The van der Waals surface area contributed by atoms with E-state index in [4.69, 9.17) is 0 Å². The third-order valence-electron chi connectivity index (χ3n) is 5.36. The van der Waals surface area contributed by atoms with Gasteiger partial charge in [0.2, 0.25) is 15.9 Å². The van der Waals surface area contributed by atoms with Gasteiger partial charge < -0.3 is 5.32 Å². The van der Waals surface area contributed by atoms with Crippen LogP contribution < -0.4 is 10.0 Å². The second kappa shape index (κ2) is 6.24. The summed E-state index contributed by atoms with van der Waals surface area (Å²) in [5.41, 5.74) is 1.20. The lowest BCUT2D eigenvalue weighted by Gasteiger charge is -2.21. The molecule has 3 atom stereocenters. The maximum Gasteiger partial charge on any atom is 0.240 e. The summed E-state index contributed by atoms with van der Waals surface area (Å²) in [6, 6.07) is 5.00. The molecule has 0 aromatic heterocycles. The molecule has 6 heteroatoms. The van der Waals surface area contributed by atoms with Crippen LogP contribution in [0.5, 0.6) is 0 Å². The van der Waals surface area contributed by atoms with Gasteiger partial charge in [0.25, 0.3) is 0 Å². The molecule has 1 amide bonds. The molecule has 1 aromatic carbocycles. The maximum absolute atomic E-state index is 12.3. The second-order valence-corrected chi connectivity index (χ2v) is 8.73. The zero-order valence-corrected chi connectivity index (χ0v) is 14.4. The van der Waals surface area contributed by atoms with Gasteiger partial charge in [-0.15, -0.1) is 0 Å². The highest BCUT2D eigenvalue weighted by Crippen LogP contribution is 2.49. The van der Waals surface area contributed by atoms with Gasteiger partial charge in [-0.05, 0) is 68.7 Å². The van der Waals surface area contributed by atoms with Crippen molar-refractivity contribution in [2.24, 2.45) is 17.8 Å². The van der Waals surface area contributed by atoms with Crippen molar-refractivity contribution < 1.29 is 13.2 Å². The van der Waals surface area contributed by atoms with Crippen LogP contribution in [-0.4, -0.2) is 21.4 Å². The van der Waals surface area contributed by atoms with Crippen LogP contribution in [0.1, 0.15) is 37.7 Å². The molecule has 2 N–H and O–H groups in total. The van der Waals surface area contributed by atoms with Crippen LogP contribution in [0.4, 0.5) is 5.69 Å². The van der Waals surface area contributed by atoms with Crippen molar-refractivity contribution in [1.82, 2.24) is 4.72 Å². The first-order chi connectivity index (χ1) is 10.9. The quantitative estimate of drug-likeness (QED) is 0.868. The minimum absolute atomic E-state index is 0.0146. The number of hydrogen-bond acceptors (Lipinski definition) is 3. The van der Waals surface area contributed by atoms with Crippen molar-refractivity contribution in [3.05, 3.63) is 23.8 Å². The number of hydrogen-bond donors (Lipinski definition) is 2. The van der Waals surface area contributed by atoms with E-state index >= 15 is 0 Å². The monoisotopic (exact) mass is 336 g/mol. The summed E-state index contributed by atoms with van der Waals surface area (Å²) in [7, 11) is -2.13. The molecular weight excluding hydrogens is 312 g/mol. The average molecular weight is 336 g/mol. The van der Waals surface area contributed by atoms with Crippen LogP contribution >= 0.6 is 0 Å². The number of carbonyl (C=O) groups is 1. The number of amides is 1. The van der Waals surface area contributed by atoms with Crippen molar-refractivity contribution in [3.63, 3.8) is 0 Å². The molecular formula is C17H24N2O3S. The molecule has 2 aliphatic carbocycles. The molecule has 0 spiro atoms. The van der Waals surface area contributed by atoms with E-state index in [0.29, 0.717) is 29.5 Å². The molecule has 2 aliphatic rings. The van der Waals surface area contributed by atoms with Crippen LogP contribution in [0.2, 0.25) is 0 Å². The Morgan fingerprint density at radius 3 is 2.65 bits per heavy atom. The standard InChI is InChI=1S/C17H24N2O3S/c1-11-3-6-15(10-16(11)23(21,22)18-2)19-17(20)9-14-8-12-4-5-13(14)7-12/h3,6,10,12-14,18H,4-5,7-9H2,1-2H3,(H,19,20). The van der Waals surface area contributed by atoms with E-state index in [2.05, 4.69) is 10.0 Å². The first kappa shape index (κ1) is 16.5. The lowest BCUT2D eigenvalue weighted by atomic mass is 9.86. The Balaban J connectivity index is 1.68. The summed E-state index contributed by atoms with van der Waals surface area (Å²) in [4.78, 5) is 12.5. The molecule has 5 nitrogen and oxygen atoms in total. The van der Waals surface area contributed by atoms with Crippen LogP contribution in [0, 0.1) is 24.7 Å². The van der Waals surface area contributed by atoms with E-state index < -0.39 is 10.0 Å². The fourth-order valence-corrected chi connectivity index (χ4v) is 5.15. The van der Waals surface area contributed by atoms with Crippen LogP contribution in [0.3, 0.4) is 0 Å². The first-order valence-corrected chi connectivity index (χ1v) is 9.71. The van der Waals surface area contributed by atoms with E-state index in [1.807, 2.05) is 0 Å². The lowest BCUT2D eigenvalue weighted by Crippen LogP contribution is -2.22. The van der Waals surface area contributed by atoms with Gasteiger partial charge in [0, 0.05) is 12.1 Å². The number of anilines is 1. The number of aryl methyl sites for hydroxylation is 1. The molecule has 1 aromatic rings. The van der Waals surface area contributed by atoms with Crippen molar-refractivity contribution in [3.8, 4) is 0 Å². The Morgan fingerprint density at radius 1 is 1.26 bits per heavy atom. The van der Waals surface area contributed by atoms with Gasteiger partial charge in [-0.2, -0.15) is 0 Å². The van der Waals surface area contributed by atoms with E-state index in [9.17, 15) is 13.2 Å². The van der Waals surface area contributed by atoms with Gasteiger partial charge in [-0.25, -0.2) is 13.1 Å². The molecule has 2 bridgehead atoms. The molecule has 0 aliphatic heterocycles. The fraction of sp³-hybridized carbons (Fsp3) is 0.588. The summed E-state index contributed by atoms with van der Waals surface area (Å²) in [6.07, 6.45) is 5.59. The molecule has 0 radical (unpaired) electrons. The summed E-state index contributed by atoms with van der Waals surface area (Å²) in [6.45, 7) is 1.74. The van der Waals surface area contributed by atoms with Crippen LogP contribution in [-0.2, 0) is 14.8 Å². The van der Waals surface area contributed by atoms with E-state index in [0.717, 1.165) is 5.92 Å². The minimum Gasteiger partial charge on any atom is -0.326 e. The van der Waals surface area contributed by atoms with Crippen LogP contribution in [0.25, 0.3) is 0 Å². The zero-order valence-electron chi connectivity index (χ0n) is 13.6. The van der Waals surface area contributed by atoms with Gasteiger partial charge in [-0.1, -0.05) is 12.5 Å². The van der Waals surface area contributed by atoms with Crippen molar-refractivity contribution in [2.75, 3.05) is 12.4 Å². The number of rotatable bonds is 5. The number of benzene rings is 1. The molecule has 2 saturated carbocycles. The van der Waals surface area contributed by atoms with E-state index in [1.54, 1.807) is 19.1 Å². The second-order valence-electron chi connectivity index (χ2n) is 6.88. The fourth-order valence-electron chi connectivity index (χ4n) is 4.15. The predicted molar refractivity (Wildman–Crippen MR) is 89.6 cm³/mol. The Bertz CT molecular complexity index is 715. The topological polar surface area (TPSA) is 75.3 Å². The summed E-state index contributed by atoms with van der Waals surface area (Å²) in [5.74, 6) is 2.02. The smallest absolute Gasteiger partial charge is 0.240 e. The Morgan fingerprint density at radius 2 is 2.04 bits per heavy atom. The Kier molecular flexibility index (Phi) is 4.47. The van der Waals surface area contributed by atoms with Gasteiger partial charge >= 0.3 is 0 Å². The van der Waals surface area contributed by atoms with Crippen molar-refractivity contribution in [1.29, 1.82) is 0 Å². The highest BCUT2D eigenvalue weighted by molar-refractivity contribution is 7.89. The lowest BCUT2D eigenvalue weighted by molar-refractivity contribution is -0.117. The van der Waals surface area contributed by atoms with Gasteiger partial charge in [0.1, 0.15) is 0 Å². The number of carbonyl (C=O) groups excluding carboxylic acids is 1. The van der Waals surface area contributed by atoms with Gasteiger partial charge in [-0.3, -0.25) is 4.79 Å². The number of nitrogens with one attached hydrogen (secondary N) is 2. The summed E-state index contributed by atoms with van der Waals surface area (Å²) >= 11 is 0. The average Bonchev–Trinajstić information content (AvgIpc) is 3.11. The van der Waals surface area contributed by atoms with Crippen molar-refractivity contribution in [2.45, 2.75) is 43.9 Å². The summed E-state index contributed by atoms with van der Waals surface area (Å²) < 4.78 is 26.3. The molecule has 2 fully saturated rings. The highest BCUT2D eigenvalue weighted by atomic mass is 32.2. The van der Waals surface area contributed by atoms with Crippen LogP contribution in [0.15, 0.2) is 23.1 Å². The SMILES string of the molecule is CNS(=O)(=O)c1cc(NC(=O)CC2CC3CCC2C3)ccc1C. The maximum atomic E-state index is 12.3.